The molecule has 0 saturated carbocycles. The summed E-state index contributed by atoms with van der Waals surface area (Å²) in [5.41, 5.74) is 0. The van der Waals surface area contributed by atoms with Crippen molar-refractivity contribution in [3.05, 3.63) is 42.6 Å². The Labute approximate surface area is 194 Å². The number of carbonyl (C=O) groups is 2. The molecule has 0 aliphatic carbocycles. The van der Waals surface area contributed by atoms with E-state index >= 15 is 0 Å². The van der Waals surface area contributed by atoms with Gasteiger partial charge in [-0.25, -0.2) is 14.8 Å². The van der Waals surface area contributed by atoms with E-state index < -0.39 is 0 Å². The molecule has 0 unspecified atom stereocenters. The van der Waals surface area contributed by atoms with Crippen LogP contribution in [0.3, 0.4) is 0 Å². The van der Waals surface area contributed by atoms with Crippen molar-refractivity contribution in [3.8, 4) is 0 Å². The number of piperazine rings is 1. The maximum Gasteiger partial charge on any atom is 0.317 e. The molecule has 10 nitrogen and oxygen atoms in total. The minimum Gasteiger partial charge on any atom is -0.467 e. The molecule has 3 amide bonds. The standard InChI is InChI=1S/C23H33N7O3/c31-21(27-18-20-4-1-17-33-20)19-5-11-30(12-6-19)23(32)26-9-3-10-28-13-15-29(16-14-28)22-24-7-2-8-25-22/h1-2,4,7-8,17,19H,3,5-6,9-16,18H2,(H,26,32)(H,27,31). The molecule has 4 rings (SSSR count). The van der Waals surface area contributed by atoms with E-state index in [1.54, 1.807) is 24.7 Å². The van der Waals surface area contributed by atoms with Crippen LogP contribution in [0.4, 0.5) is 10.7 Å². The Balaban J connectivity index is 1.06. The predicted octanol–water partition coefficient (Wildman–Crippen LogP) is 1.32. The molecular formula is C23H33N7O3. The summed E-state index contributed by atoms with van der Waals surface area (Å²) < 4.78 is 5.24. The number of piperidine rings is 1. The van der Waals surface area contributed by atoms with Crippen LogP contribution in [0.25, 0.3) is 0 Å². The van der Waals surface area contributed by atoms with Crippen molar-refractivity contribution < 1.29 is 14.0 Å². The van der Waals surface area contributed by atoms with Gasteiger partial charge in [-0.3, -0.25) is 9.69 Å². The Bertz CT molecular complexity index is 861. The van der Waals surface area contributed by atoms with Gasteiger partial charge in [-0.2, -0.15) is 0 Å². The summed E-state index contributed by atoms with van der Waals surface area (Å²) in [6, 6.07) is 5.44. The van der Waals surface area contributed by atoms with Crippen LogP contribution in [0.1, 0.15) is 25.0 Å². The van der Waals surface area contributed by atoms with Gasteiger partial charge >= 0.3 is 6.03 Å². The molecule has 2 aliphatic heterocycles. The number of hydrogen-bond donors (Lipinski definition) is 2. The zero-order chi connectivity index (χ0) is 22.9. The number of likely N-dealkylation sites (tertiary alicyclic amines) is 1. The second kappa shape index (κ2) is 11.6. The lowest BCUT2D eigenvalue weighted by Gasteiger charge is -2.34. The second-order valence-corrected chi connectivity index (χ2v) is 8.52. The zero-order valence-corrected chi connectivity index (χ0v) is 19.0. The van der Waals surface area contributed by atoms with E-state index in [2.05, 4.69) is 30.4 Å². The van der Waals surface area contributed by atoms with Crippen LogP contribution in [0.5, 0.6) is 0 Å². The van der Waals surface area contributed by atoms with Crippen molar-refractivity contribution in [3.63, 3.8) is 0 Å². The summed E-state index contributed by atoms with van der Waals surface area (Å²) in [7, 11) is 0. The number of furan rings is 1. The average Bonchev–Trinajstić information content (AvgIpc) is 3.40. The number of aromatic nitrogens is 2. The van der Waals surface area contributed by atoms with Gasteiger partial charge in [0, 0.05) is 64.1 Å². The molecule has 2 saturated heterocycles. The fourth-order valence-electron chi connectivity index (χ4n) is 4.31. The number of anilines is 1. The Morgan fingerprint density at radius 3 is 2.45 bits per heavy atom. The van der Waals surface area contributed by atoms with Gasteiger partial charge in [0.05, 0.1) is 12.8 Å². The molecule has 0 atom stereocenters. The highest BCUT2D eigenvalue weighted by Gasteiger charge is 2.27. The molecule has 4 heterocycles. The van der Waals surface area contributed by atoms with E-state index in [-0.39, 0.29) is 17.9 Å². The highest BCUT2D eigenvalue weighted by atomic mass is 16.3. The molecule has 0 aromatic carbocycles. The van der Waals surface area contributed by atoms with Crippen LogP contribution >= 0.6 is 0 Å². The minimum absolute atomic E-state index is 0.0320. The van der Waals surface area contributed by atoms with Crippen LogP contribution in [0.15, 0.2) is 41.3 Å². The van der Waals surface area contributed by atoms with Crippen LogP contribution in [-0.2, 0) is 11.3 Å². The van der Waals surface area contributed by atoms with Crippen molar-refractivity contribution in [2.45, 2.75) is 25.8 Å². The maximum absolute atomic E-state index is 12.5. The van der Waals surface area contributed by atoms with Gasteiger partial charge in [0.15, 0.2) is 0 Å². The lowest BCUT2D eigenvalue weighted by atomic mass is 9.96. The van der Waals surface area contributed by atoms with Gasteiger partial charge in [0.25, 0.3) is 0 Å². The third-order valence-electron chi connectivity index (χ3n) is 6.30. The summed E-state index contributed by atoms with van der Waals surface area (Å²) in [6.07, 6.45) is 7.44. The third-order valence-corrected chi connectivity index (χ3v) is 6.30. The van der Waals surface area contributed by atoms with Crippen LogP contribution in [0.2, 0.25) is 0 Å². The lowest BCUT2D eigenvalue weighted by Crippen LogP contribution is -2.48. The largest absolute Gasteiger partial charge is 0.467 e. The van der Waals surface area contributed by atoms with E-state index in [1.165, 1.54) is 0 Å². The first-order valence-corrected chi connectivity index (χ1v) is 11.8. The Morgan fingerprint density at radius 1 is 1.00 bits per heavy atom. The summed E-state index contributed by atoms with van der Waals surface area (Å²) in [5.74, 6) is 1.52. The van der Waals surface area contributed by atoms with Crippen LogP contribution in [0, 0.1) is 5.92 Å². The van der Waals surface area contributed by atoms with Gasteiger partial charge < -0.3 is 24.9 Å². The molecule has 2 aromatic heterocycles. The highest BCUT2D eigenvalue weighted by molar-refractivity contribution is 5.79. The Kier molecular flexibility index (Phi) is 8.13. The molecule has 33 heavy (non-hydrogen) atoms. The number of urea groups is 1. The van der Waals surface area contributed by atoms with E-state index in [0.717, 1.165) is 50.9 Å². The quantitative estimate of drug-likeness (QED) is 0.578. The van der Waals surface area contributed by atoms with E-state index in [4.69, 9.17) is 4.42 Å². The predicted molar refractivity (Wildman–Crippen MR) is 124 cm³/mol. The maximum atomic E-state index is 12.5. The topological polar surface area (TPSA) is 107 Å². The van der Waals surface area contributed by atoms with Gasteiger partial charge in [-0.05, 0) is 44.0 Å². The Hall–Kier alpha value is -3.14. The molecular weight excluding hydrogens is 422 g/mol. The molecule has 2 fully saturated rings. The summed E-state index contributed by atoms with van der Waals surface area (Å²) in [4.78, 5) is 39.9. The number of amides is 3. The van der Waals surface area contributed by atoms with Crippen molar-refractivity contribution in [2.24, 2.45) is 5.92 Å². The van der Waals surface area contributed by atoms with Gasteiger partial charge in [0.1, 0.15) is 5.76 Å². The van der Waals surface area contributed by atoms with Crippen LogP contribution in [-0.4, -0.2) is 84.1 Å². The summed E-state index contributed by atoms with van der Waals surface area (Å²) in [6.45, 7) is 7.01. The zero-order valence-electron chi connectivity index (χ0n) is 19.0. The number of rotatable bonds is 8. The first-order valence-electron chi connectivity index (χ1n) is 11.8. The van der Waals surface area contributed by atoms with Crippen molar-refractivity contribution in [1.29, 1.82) is 0 Å². The fourth-order valence-corrected chi connectivity index (χ4v) is 4.31. The summed E-state index contributed by atoms with van der Waals surface area (Å²) >= 11 is 0. The number of hydrogen-bond acceptors (Lipinski definition) is 7. The lowest BCUT2D eigenvalue weighted by molar-refractivity contribution is -0.126. The minimum atomic E-state index is -0.0519. The SMILES string of the molecule is O=C(NCc1ccco1)C1CCN(C(=O)NCCCN2CCN(c3ncccn3)CC2)CC1. The van der Waals surface area contributed by atoms with Crippen molar-refractivity contribution in [1.82, 2.24) is 30.4 Å². The highest BCUT2D eigenvalue weighted by Crippen LogP contribution is 2.18. The first-order chi connectivity index (χ1) is 16.2. The fraction of sp³-hybridized carbons (Fsp3) is 0.565. The molecule has 0 bridgehead atoms. The number of carbonyl (C=O) groups excluding carboxylic acids is 2. The molecule has 2 aliphatic rings. The van der Waals surface area contributed by atoms with E-state index in [1.807, 2.05) is 17.0 Å². The Morgan fingerprint density at radius 2 is 1.76 bits per heavy atom. The van der Waals surface area contributed by atoms with E-state index in [9.17, 15) is 9.59 Å². The van der Waals surface area contributed by atoms with Crippen LogP contribution < -0.4 is 15.5 Å². The van der Waals surface area contributed by atoms with Gasteiger partial charge in [-0.15, -0.1) is 0 Å². The first kappa shape index (κ1) is 23.0. The third kappa shape index (κ3) is 6.67. The smallest absolute Gasteiger partial charge is 0.317 e. The molecule has 2 N–H and O–H groups in total. The summed E-state index contributed by atoms with van der Waals surface area (Å²) in [5, 5.41) is 5.95. The van der Waals surface area contributed by atoms with Crippen molar-refractivity contribution >= 4 is 17.9 Å². The number of nitrogens with one attached hydrogen (secondary N) is 2. The molecule has 0 radical (unpaired) electrons. The molecule has 178 valence electrons. The monoisotopic (exact) mass is 455 g/mol. The van der Waals surface area contributed by atoms with Gasteiger partial charge in [-0.1, -0.05) is 0 Å². The van der Waals surface area contributed by atoms with E-state index in [0.29, 0.717) is 39.0 Å². The second-order valence-electron chi connectivity index (χ2n) is 8.52. The molecule has 0 spiro atoms. The molecule has 10 heteroatoms. The number of nitrogens with zero attached hydrogens (tertiary/aromatic N) is 5. The molecule has 2 aromatic rings. The van der Waals surface area contributed by atoms with Gasteiger partial charge in [0.2, 0.25) is 11.9 Å². The normalized spacial score (nSPS) is 17.7. The van der Waals surface area contributed by atoms with Crippen molar-refractivity contribution in [2.75, 3.05) is 57.3 Å². The average molecular weight is 456 g/mol.